The van der Waals surface area contributed by atoms with Crippen LogP contribution in [0.1, 0.15) is 59.1 Å². The molecule has 0 fully saturated rings. The number of aryl methyl sites for hydroxylation is 1. The van der Waals surface area contributed by atoms with Gasteiger partial charge in [0.05, 0.1) is 12.7 Å². The van der Waals surface area contributed by atoms with E-state index >= 15 is 0 Å². The van der Waals surface area contributed by atoms with Crippen LogP contribution in [0.4, 0.5) is 10.7 Å². The third-order valence-electron chi connectivity index (χ3n) is 6.56. The van der Waals surface area contributed by atoms with E-state index in [0.717, 1.165) is 52.4 Å². The number of carbonyl (C=O) groups excluding carboxylic acids is 1. The van der Waals surface area contributed by atoms with Crippen LogP contribution in [0.25, 0.3) is 0 Å². The van der Waals surface area contributed by atoms with Gasteiger partial charge in [-0.1, -0.05) is 44.5 Å². The second-order valence-corrected chi connectivity index (χ2v) is 11.5. The lowest BCUT2D eigenvalue weighted by molar-refractivity contribution is 0.102. The Balaban J connectivity index is 1.70. The number of anilines is 1. The zero-order valence-corrected chi connectivity index (χ0v) is 21.9. The molecule has 1 amide bonds. The van der Waals surface area contributed by atoms with Gasteiger partial charge in [0.2, 0.25) is 0 Å². The average Bonchev–Trinajstić information content (AvgIpc) is 3.17. The van der Waals surface area contributed by atoms with Crippen molar-refractivity contribution in [2.75, 3.05) is 12.4 Å². The van der Waals surface area contributed by atoms with Crippen LogP contribution in [0.15, 0.2) is 47.5 Å². The highest BCUT2D eigenvalue weighted by Gasteiger charge is 2.33. The first kappa shape index (κ1) is 24.5. The number of carbonyl (C=O) groups is 1. The van der Waals surface area contributed by atoms with Crippen LogP contribution in [-0.4, -0.2) is 19.2 Å². The largest absolute Gasteiger partial charge is 0.496 e. The zero-order chi connectivity index (χ0) is 24.5. The van der Waals surface area contributed by atoms with Gasteiger partial charge in [-0.3, -0.25) is 4.79 Å². The number of thiophene rings is 1. The van der Waals surface area contributed by atoms with Crippen molar-refractivity contribution < 1.29 is 9.53 Å². The van der Waals surface area contributed by atoms with E-state index in [4.69, 9.17) is 21.3 Å². The molecule has 4 nitrogen and oxygen atoms in total. The first-order chi connectivity index (χ1) is 16.2. The van der Waals surface area contributed by atoms with Crippen LogP contribution < -0.4 is 10.1 Å². The van der Waals surface area contributed by atoms with Gasteiger partial charge >= 0.3 is 0 Å². The molecule has 0 saturated heterocycles. The van der Waals surface area contributed by atoms with Crippen LogP contribution in [0.3, 0.4) is 0 Å². The molecule has 4 rings (SSSR count). The number of halogens is 1. The number of rotatable bonds is 5. The summed E-state index contributed by atoms with van der Waals surface area (Å²) in [6.45, 7) is 8.91. The molecule has 34 heavy (non-hydrogen) atoms. The minimum atomic E-state index is -0.123. The third kappa shape index (κ3) is 5.37. The van der Waals surface area contributed by atoms with E-state index in [1.165, 1.54) is 4.88 Å². The fourth-order valence-corrected chi connectivity index (χ4v) is 5.81. The fraction of sp³-hybridized carbons (Fsp3) is 0.357. The molecule has 0 spiro atoms. The normalized spacial score (nSPS) is 15.9. The Morgan fingerprint density at radius 1 is 1.21 bits per heavy atom. The van der Waals surface area contributed by atoms with Crippen molar-refractivity contribution in [3.8, 4) is 5.75 Å². The zero-order valence-electron chi connectivity index (χ0n) is 20.4. The molecular formula is C28H31ClN2O2S. The average molecular weight is 495 g/mol. The van der Waals surface area contributed by atoms with Gasteiger partial charge in [0.25, 0.3) is 5.91 Å². The molecule has 1 atom stereocenters. The summed E-state index contributed by atoms with van der Waals surface area (Å²) < 4.78 is 5.45. The summed E-state index contributed by atoms with van der Waals surface area (Å²) in [5.41, 5.74) is 4.79. The number of ether oxygens (including phenoxy) is 1. The van der Waals surface area contributed by atoms with Crippen LogP contribution >= 0.6 is 22.9 Å². The van der Waals surface area contributed by atoms with Gasteiger partial charge in [0, 0.05) is 21.8 Å². The van der Waals surface area contributed by atoms with Crippen LogP contribution in [0, 0.1) is 18.3 Å². The highest BCUT2D eigenvalue weighted by atomic mass is 35.5. The Hall–Kier alpha value is -2.63. The molecule has 0 saturated carbocycles. The molecule has 0 bridgehead atoms. The molecule has 0 radical (unpaired) electrons. The highest BCUT2D eigenvalue weighted by Crippen LogP contribution is 2.45. The summed E-state index contributed by atoms with van der Waals surface area (Å²) >= 11 is 7.65. The topological polar surface area (TPSA) is 50.7 Å². The van der Waals surface area contributed by atoms with Gasteiger partial charge in [-0.25, -0.2) is 4.99 Å². The first-order valence-electron chi connectivity index (χ1n) is 11.6. The molecule has 1 N–H and O–H groups in total. The number of aliphatic imine (C=N–C) groups is 1. The lowest BCUT2D eigenvalue weighted by Gasteiger charge is -2.33. The molecule has 1 heterocycles. The molecule has 0 aliphatic heterocycles. The van der Waals surface area contributed by atoms with E-state index in [2.05, 4.69) is 26.1 Å². The Kier molecular flexibility index (Phi) is 7.15. The Labute approximate surface area is 211 Å². The fourth-order valence-electron chi connectivity index (χ4n) is 4.41. The number of amides is 1. The van der Waals surface area contributed by atoms with Gasteiger partial charge in [-0.2, -0.15) is 0 Å². The number of hydrogen-bond donors (Lipinski definition) is 1. The summed E-state index contributed by atoms with van der Waals surface area (Å²) in [4.78, 5) is 19.5. The van der Waals surface area contributed by atoms with E-state index in [1.807, 2.05) is 43.5 Å². The number of fused-ring (bicyclic) bond motifs is 1. The van der Waals surface area contributed by atoms with Crippen molar-refractivity contribution in [1.29, 1.82) is 0 Å². The van der Waals surface area contributed by atoms with E-state index in [0.29, 0.717) is 16.5 Å². The standard InChI is InChI=1S/C28H31ClN2O2S/c1-17-6-7-18(14-23(17)33-5)16-30-27-25(26(32)31-21-11-9-20(29)10-12-21)22-13-8-19(28(2,3)4)15-24(22)34-27/h6-7,9-12,14,16,19H,8,13,15H2,1-5H3,(H,31,32)/t19-/m1/s1. The lowest BCUT2D eigenvalue weighted by atomic mass is 9.72. The minimum Gasteiger partial charge on any atom is -0.496 e. The van der Waals surface area contributed by atoms with E-state index in [1.54, 1.807) is 30.6 Å². The van der Waals surface area contributed by atoms with Crippen molar-refractivity contribution in [3.05, 3.63) is 74.6 Å². The lowest BCUT2D eigenvalue weighted by Crippen LogP contribution is -2.27. The van der Waals surface area contributed by atoms with Crippen molar-refractivity contribution in [2.45, 2.75) is 47.0 Å². The molecule has 3 aromatic rings. The predicted octanol–water partition coefficient (Wildman–Crippen LogP) is 7.87. The molecule has 1 aliphatic rings. The maximum absolute atomic E-state index is 13.5. The second kappa shape index (κ2) is 9.93. The van der Waals surface area contributed by atoms with Crippen molar-refractivity contribution >= 4 is 45.7 Å². The Morgan fingerprint density at radius 2 is 1.94 bits per heavy atom. The van der Waals surface area contributed by atoms with Gasteiger partial charge < -0.3 is 10.1 Å². The monoisotopic (exact) mass is 494 g/mol. The molecule has 6 heteroatoms. The molecule has 0 unspecified atom stereocenters. The van der Waals surface area contributed by atoms with Gasteiger partial charge in [0.15, 0.2) is 0 Å². The number of nitrogens with one attached hydrogen (secondary N) is 1. The minimum absolute atomic E-state index is 0.123. The third-order valence-corrected chi connectivity index (χ3v) is 7.98. The molecule has 1 aliphatic carbocycles. The van der Waals surface area contributed by atoms with E-state index in [9.17, 15) is 4.79 Å². The van der Waals surface area contributed by atoms with E-state index < -0.39 is 0 Å². The summed E-state index contributed by atoms with van der Waals surface area (Å²) in [7, 11) is 1.67. The maximum atomic E-state index is 13.5. The summed E-state index contributed by atoms with van der Waals surface area (Å²) in [5, 5.41) is 4.43. The van der Waals surface area contributed by atoms with Crippen molar-refractivity contribution in [2.24, 2.45) is 16.3 Å². The van der Waals surface area contributed by atoms with Crippen LogP contribution in [-0.2, 0) is 12.8 Å². The van der Waals surface area contributed by atoms with Crippen LogP contribution in [0.2, 0.25) is 5.02 Å². The van der Waals surface area contributed by atoms with Gasteiger partial charge in [-0.15, -0.1) is 11.3 Å². The van der Waals surface area contributed by atoms with Crippen molar-refractivity contribution in [1.82, 2.24) is 0 Å². The quantitative estimate of drug-likeness (QED) is 0.367. The second-order valence-electron chi connectivity index (χ2n) is 9.94. The van der Waals surface area contributed by atoms with Crippen molar-refractivity contribution in [3.63, 3.8) is 0 Å². The molecule has 1 aromatic heterocycles. The van der Waals surface area contributed by atoms with E-state index in [-0.39, 0.29) is 11.3 Å². The van der Waals surface area contributed by atoms with Gasteiger partial charge in [-0.05, 0) is 84.5 Å². The first-order valence-corrected chi connectivity index (χ1v) is 12.8. The molecule has 2 aromatic carbocycles. The summed E-state index contributed by atoms with van der Waals surface area (Å²) in [5.74, 6) is 1.29. The Morgan fingerprint density at radius 3 is 2.62 bits per heavy atom. The SMILES string of the molecule is COc1cc(C=Nc2sc3c(c2C(=O)Nc2ccc(Cl)cc2)CC[C@@H](C(C)(C)C)C3)ccc1C. The number of methoxy groups -OCH3 is 1. The summed E-state index contributed by atoms with van der Waals surface area (Å²) in [6, 6.07) is 13.2. The maximum Gasteiger partial charge on any atom is 0.259 e. The predicted molar refractivity (Wildman–Crippen MR) is 144 cm³/mol. The number of nitrogens with zero attached hydrogens (tertiary/aromatic N) is 1. The smallest absolute Gasteiger partial charge is 0.259 e. The summed E-state index contributed by atoms with van der Waals surface area (Å²) in [6.07, 6.45) is 4.77. The van der Waals surface area contributed by atoms with Gasteiger partial charge in [0.1, 0.15) is 10.8 Å². The highest BCUT2D eigenvalue weighted by molar-refractivity contribution is 7.16. The molecule has 178 valence electrons. The molecular weight excluding hydrogens is 464 g/mol. The van der Waals surface area contributed by atoms with Crippen LogP contribution in [0.5, 0.6) is 5.75 Å². The Bertz CT molecular complexity index is 1220. The number of hydrogen-bond acceptors (Lipinski definition) is 4. The number of benzene rings is 2.